The molecule has 2 saturated heterocycles. The molecule has 4 rings (SSSR count). The molecule has 0 unspecified atom stereocenters. The molecule has 0 aromatic heterocycles. The maximum Gasteiger partial charge on any atom is 0.410 e. The van der Waals surface area contributed by atoms with Crippen LogP contribution in [-0.2, 0) is 20.7 Å². The van der Waals surface area contributed by atoms with Crippen molar-refractivity contribution in [1.29, 1.82) is 0 Å². The molecule has 1 aromatic carbocycles. The molecule has 3 aliphatic heterocycles. The third-order valence-electron chi connectivity index (χ3n) is 5.61. The van der Waals surface area contributed by atoms with Gasteiger partial charge in [0.25, 0.3) is 0 Å². The first-order chi connectivity index (χ1) is 14.6. The van der Waals surface area contributed by atoms with Crippen molar-refractivity contribution in [3.8, 4) is 0 Å². The van der Waals surface area contributed by atoms with E-state index in [1.165, 1.54) is 5.56 Å². The van der Waals surface area contributed by atoms with Gasteiger partial charge >= 0.3 is 6.09 Å². The molecule has 0 atom stereocenters. The van der Waals surface area contributed by atoms with E-state index in [0.717, 1.165) is 37.1 Å². The average molecular weight is 434 g/mol. The molecule has 3 heterocycles. The summed E-state index contributed by atoms with van der Waals surface area (Å²) in [6.07, 6.45) is 3.97. The van der Waals surface area contributed by atoms with Gasteiger partial charge in [-0.2, -0.15) is 0 Å². The van der Waals surface area contributed by atoms with Crippen LogP contribution in [-0.4, -0.2) is 48.0 Å². The topological polar surface area (TPSA) is 87.7 Å². The number of nitrogens with one attached hydrogen (secondary N) is 2. The summed E-state index contributed by atoms with van der Waals surface area (Å²) in [6.45, 7) is 7.72. The minimum absolute atomic E-state index is 0.131. The highest BCUT2D eigenvalue weighted by molar-refractivity contribution is 5.97. The molecule has 0 bridgehead atoms. The van der Waals surface area contributed by atoms with Crippen molar-refractivity contribution >= 4 is 23.6 Å². The van der Waals surface area contributed by atoms with Crippen LogP contribution in [0.4, 0.5) is 14.9 Å². The maximum absolute atomic E-state index is 14.4. The fraction of sp³-hybridized carbons (Fsp3) is 0.609. The number of piperidine rings is 2. The van der Waals surface area contributed by atoms with E-state index in [2.05, 4.69) is 10.6 Å². The number of hydrogen-bond donors (Lipinski definition) is 2. The smallest absolute Gasteiger partial charge is 0.410 e. The van der Waals surface area contributed by atoms with Gasteiger partial charge in [0.05, 0.1) is 0 Å². The second kappa shape index (κ2) is 9.66. The standard InChI is InChI=1S/C18H25FN2O2.C5H7NO2/c1-18(2,3)23-17(22)21-8-5-12(6-9-21)14-10-13-4-7-20-16(13)11-15(14)19;7-4-2-1-3-5(8)6-4/h10-12,20H,4-9H2,1-3H3;1-3H2,(H,6,7,8). The molecule has 0 spiro atoms. The molecule has 8 heteroatoms. The third-order valence-corrected chi connectivity index (χ3v) is 5.61. The highest BCUT2D eigenvalue weighted by Crippen LogP contribution is 2.34. The number of rotatable bonds is 1. The molecule has 2 fully saturated rings. The number of amides is 3. The van der Waals surface area contributed by atoms with E-state index in [1.54, 1.807) is 11.0 Å². The van der Waals surface area contributed by atoms with E-state index in [1.807, 2.05) is 26.8 Å². The molecule has 3 amide bonds. The number of ether oxygens (including phenoxy) is 1. The molecule has 2 N–H and O–H groups in total. The van der Waals surface area contributed by atoms with Crippen molar-refractivity contribution < 1.29 is 23.5 Å². The van der Waals surface area contributed by atoms with Crippen LogP contribution in [0.1, 0.15) is 69.9 Å². The summed E-state index contributed by atoms with van der Waals surface area (Å²) in [5, 5.41) is 5.41. The Morgan fingerprint density at radius 2 is 1.74 bits per heavy atom. The van der Waals surface area contributed by atoms with Crippen LogP contribution in [0.15, 0.2) is 12.1 Å². The van der Waals surface area contributed by atoms with Gasteiger partial charge in [0.15, 0.2) is 0 Å². The quantitative estimate of drug-likeness (QED) is 0.659. The Bertz CT molecular complexity index is 828. The molecule has 170 valence electrons. The van der Waals surface area contributed by atoms with Gasteiger partial charge in [-0.05, 0) is 69.6 Å². The van der Waals surface area contributed by atoms with Crippen molar-refractivity contribution in [2.45, 2.75) is 70.8 Å². The number of hydrogen-bond acceptors (Lipinski definition) is 5. The van der Waals surface area contributed by atoms with Crippen LogP contribution in [0.2, 0.25) is 0 Å². The SMILES string of the molecule is CC(C)(C)OC(=O)N1CCC(c2cc3c(cc2F)NCC3)CC1.O=C1CCCC(=O)N1. The summed E-state index contributed by atoms with van der Waals surface area (Å²) in [4.78, 5) is 34.5. The third kappa shape index (κ3) is 6.42. The van der Waals surface area contributed by atoms with Crippen LogP contribution in [0.5, 0.6) is 0 Å². The van der Waals surface area contributed by atoms with E-state index >= 15 is 0 Å². The first kappa shape index (κ1) is 23.0. The van der Waals surface area contributed by atoms with Gasteiger partial charge in [0, 0.05) is 38.2 Å². The number of carbonyl (C=O) groups is 3. The monoisotopic (exact) mass is 433 g/mol. The van der Waals surface area contributed by atoms with Crippen LogP contribution in [0.25, 0.3) is 0 Å². The Balaban J connectivity index is 0.000000287. The Kier molecular flexibility index (Phi) is 7.18. The van der Waals surface area contributed by atoms with Gasteiger partial charge in [-0.1, -0.05) is 6.07 Å². The van der Waals surface area contributed by atoms with Crippen LogP contribution in [0, 0.1) is 5.82 Å². The molecule has 0 aliphatic carbocycles. The van der Waals surface area contributed by atoms with Crippen molar-refractivity contribution in [2.24, 2.45) is 0 Å². The summed E-state index contributed by atoms with van der Waals surface area (Å²) in [5.41, 5.74) is 2.46. The summed E-state index contributed by atoms with van der Waals surface area (Å²) in [5.74, 6) is -0.226. The molecule has 7 nitrogen and oxygen atoms in total. The zero-order chi connectivity index (χ0) is 22.6. The summed E-state index contributed by atoms with van der Waals surface area (Å²) < 4.78 is 19.8. The average Bonchev–Trinajstić information content (AvgIpc) is 3.14. The zero-order valence-electron chi connectivity index (χ0n) is 18.6. The fourth-order valence-corrected chi connectivity index (χ4v) is 4.04. The molecule has 1 aromatic rings. The highest BCUT2D eigenvalue weighted by atomic mass is 19.1. The summed E-state index contributed by atoms with van der Waals surface area (Å²) in [6, 6.07) is 3.64. The predicted octanol–water partition coefficient (Wildman–Crippen LogP) is 3.72. The Morgan fingerprint density at radius 1 is 1.10 bits per heavy atom. The molecule has 0 saturated carbocycles. The van der Waals surface area contributed by atoms with Gasteiger partial charge in [-0.15, -0.1) is 0 Å². The minimum Gasteiger partial charge on any atom is -0.444 e. The van der Waals surface area contributed by atoms with Crippen molar-refractivity contribution in [2.75, 3.05) is 25.0 Å². The largest absolute Gasteiger partial charge is 0.444 e. The summed E-state index contributed by atoms with van der Waals surface area (Å²) in [7, 11) is 0. The van der Waals surface area contributed by atoms with E-state index < -0.39 is 5.60 Å². The predicted molar refractivity (Wildman–Crippen MR) is 115 cm³/mol. The normalized spacial score (nSPS) is 19.0. The van der Waals surface area contributed by atoms with Crippen LogP contribution in [0.3, 0.4) is 0 Å². The Morgan fingerprint density at radius 3 is 2.29 bits per heavy atom. The van der Waals surface area contributed by atoms with Crippen molar-refractivity contribution in [3.05, 3.63) is 29.1 Å². The maximum atomic E-state index is 14.4. The Hall–Kier alpha value is -2.64. The summed E-state index contributed by atoms with van der Waals surface area (Å²) >= 11 is 0. The number of anilines is 1. The zero-order valence-corrected chi connectivity index (χ0v) is 18.6. The van der Waals surface area contributed by atoms with E-state index in [9.17, 15) is 18.8 Å². The Labute approximate surface area is 182 Å². The van der Waals surface area contributed by atoms with E-state index in [4.69, 9.17) is 4.74 Å². The molecular formula is C23H32FN3O4. The van der Waals surface area contributed by atoms with Gasteiger partial charge in [0.2, 0.25) is 11.8 Å². The number of benzene rings is 1. The number of carbonyl (C=O) groups excluding carboxylic acids is 3. The second-order valence-corrected chi connectivity index (χ2v) is 9.27. The van der Waals surface area contributed by atoms with Gasteiger partial charge in [-0.25, -0.2) is 9.18 Å². The van der Waals surface area contributed by atoms with Crippen molar-refractivity contribution in [3.63, 3.8) is 0 Å². The number of nitrogens with zero attached hydrogens (tertiary/aromatic N) is 1. The lowest BCUT2D eigenvalue weighted by atomic mass is 9.88. The van der Waals surface area contributed by atoms with E-state index in [0.29, 0.717) is 32.4 Å². The first-order valence-electron chi connectivity index (χ1n) is 11.0. The highest BCUT2D eigenvalue weighted by Gasteiger charge is 2.29. The van der Waals surface area contributed by atoms with Crippen LogP contribution < -0.4 is 10.6 Å². The molecule has 3 aliphatic rings. The second-order valence-electron chi connectivity index (χ2n) is 9.27. The first-order valence-corrected chi connectivity index (χ1v) is 11.0. The lowest BCUT2D eigenvalue weighted by Gasteiger charge is -2.33. The van der Waals surface area contributed by atoms with Crippen molar-refractivity contribution in [1.82, 2.24) is 10.2 Å². The number of fused-ring (bicyclic) bond motifs is 1. The van der Waals surface area contributed by atoms with Gasteiger partial charge in [-0.3, -0.25) is 14.9 Å². The molecule has 31 heavy (non-hydrogen) atoms. The number of likely N-dealkylation sites (tertiary alicyclic amines) is 1. The number of halogens is 1. The van der Waals surface area contributed by atoms with E-state index in [-0.39, 0.29) is 29.6 Å². The van der Waals surface area contributed by atoms with Crippen LogP contribution >= 0.6 is 0 Å². The fourth-order valence-electron chi connectivity index (χ4n) is 4.04. The lowest BCUT2D eigenvalue weighted by Crippen LogP contribution is -2.41. The molecular weight excluding hydrogens is 401 g/mol. The molecule has 0 radical (unpaired) electrons. The minimum atomic E-state index is -0.479. The van der Waals surface area contributed by atoms with Gasteiger partial charge in [0.1, 0.15) is 11.4 Å². The lowest BCUT2D eigenvalue weighted by molar-refractivity contribution is -0.132. The number of imide groups is 1. The van der Waals surface area contributed by atoms with Gasteiger partial charge < -0.3 is 15.0 Å².